The standard InChI is InChI=1S/C7H13N3.BrH/c1-2-6-10-7(3-1)4-5-8-9-10;/h4,8-9H,1-3,5-6H2;1H. The Kier molecular flexibility index (Phi) is 3.51. The number of quaternary nitrogens is 1. The minimum absolute atomic E-state index is 0. The van der Waals surface area contributed by atoms with Gasteiger partial charge in [-0.25, -0.2) is 10.4 Å². The quantitative estimate of drug-likeness (QED) is 0.388. The van der Waals surface area contributed by atoms with Gasteiger partial charge in [-0.2, -0.15) is 0 Å². The van der Waals surface area contributed by atoms with E-state index in [4.69, 9.17) is 0 Å². The second-order valence-corrected chi connectivity index (χ2v) is 2.92. The molecule has 1 unspecified atom stereocenters. The highest BCUT2D eigenvalue weighted by molar-refractivity contribution is 4.94. The Hall–Kier alpha value is 0.100. The molecule has 0 saturated carbocycles. The van der Waals surface area contributed by atoms with Crippen molar-refractivity contribution in [3.05, 3.63) is 11.8 Å². The number of hydrazine groups is 1. The zero-order valence-electron chi connectivity index (χ0n) is 6.49. The van der Waals surface area contributed by atoms with Crippen LogP contribution in [-0.2, 0) is 0 Å². The van der Waals surface area contributed by atoms with Gasteiger partial charge in [-0.05, 0) is 18.9 Å². The molecule has 4 heteroatoms. The first-order valence-electron chi connectivity index (χ1n) is 4.01. The van der Waals surface area contributed by atoms with E-state index in [-0.39, 0.29) is 17.0 Å². The molecule has 0 radical (unpaired) electrons. The van der Waals surface area contributed by atoms with Crippen LogP contribution < -0.4 is 33.0 Å². The smallest absolute Gasteiger partial charge is 0.125 e. The van der Waals surface area contributed by atoms with E-state index in [1.807, 2.05) is 0 Å². The molecule has 3 N–H and O–H groups in total. The lowest BCUT2D eigenvalue weighted by molar-refractivity contribution is -0.921. The number of fused-ring (bicyclic) bond motifs is 1. The van der Waals surface area contributed by atoms with Gasteiger partial charge in [0.1, 0.15) is 12.2 Å². The van der Waals surface area contributed by atoms with Crippen molar-refractivity contribution in [3.8, 4) is 0 Å². The Labute approximate surface area is 77.5 Å². The van der Waals surface area contributed by atoms with Crippen molar-refractivity contribution in [1.29, 1.82) is 0 Å². The summed E-state index contributed by atoms with van der Waals surface area (Å²) in [6.45, 7) is 2.22. The Morgan fingerprint density at radius 2 is 2.27 bits per heavy atom. The second kappa shape index (κ2) is 4.21. The van der Waals surface area contributed by atoms with Gasteiger partial charge in [0.2, 0.25) is 0 Å². The van der Waals surface area contributed by atoms with Crippen LogP contribution in [0.4, 0.5) is 0 Å². The van der Waals surface area contributed by atoms with Gasteiger partial charge in [0.25, 0.3) is 0 Å². The van der Waals surface area contributed by atoms with Crippen LogP contribution in [0.1, 0.15) is 19.3 Å². The van der Waals surface area contributed by atoms with Crippen LogP contribution in [0.2, 0.25) is 0 Å². The third kappa shape index (κ3) is 2.02. The Bertz CT molecular complexity index is 158. The van der Waals surface area contributed by atoms with Gasteiger partial charge in [-0.1, -0.05) is 5.53 Å². The Balaban J connectivity index is 0.000000605. The summed E-state index contributed by atoms with van der Waals surface area (Å²) >= 11 is 0. The average Bonchev–Trinajstić information content (AvgIpc) is 2.05. The monoisotopic (exact) mass is 219 g/mol. The Morgan fingerprint density at radius 3 is 3.09 bits per heavy atom. The lowest BCUT2D eigenvalue weighted by Gasteiger charge is -2.28. The molecule has 0 aliphatic carbocycles. The first-order valence-corrected chi connectivity index (χ1v) is 4.01. The summed E-state index contributed by atoms with van der Waals surface area (Å²) in [7, 11) is 0. The predicted molar refractivity (Wildman–Crippen MR) is 38.9 cm³/mol. The van der Waals surface area contributed by atoms with E-state index in [9.17, 15) is 0 Å². The van der Waals surface area contributed by atoms with Gasteiger partial charge in [0.05, 0.1) is 0 Å². The minimum Gasteiger partial charge on any atom is -1.00 e. The minimum atomic E-state index is 0. The first kappa shape index (κ1) is 9.19. The van der Waals surface area contributed by atoms with E-state index in [1.54, 1.807) is 5.70 Å². The first-order chi connectivity index (χ1) is 4.97. The van der Waals surface area contributed by atoms with Crippen LogP contribution in [0.5, 0.6) is 0 Å². The van der Waals surface area contributed by atoms with E-state index in [0.717, 1.165) is 6.54 Å². The molecule has 2 aliphatic heterocycles. The number of nitrogens with one attached hydrogen (secondary N) is 3. The van der Waals surface area contributed by atoms with Crippen LogP contribution in [0.15, 0.2) is 11.8 Å². The van der Waals surface area contributed by atoms with Crippen molar-refractivity contribution in [1.82, 2.24) is 11.0 Å². The maximum atomic E-state index is 3.22. The molecule has 1 atom stereocenters. The van der Waals surface area contributed by atoms with E-state index in [1.165, 1.54) is 30.8 Å². The number of halogens is 1. The van der Waals surface area contributed by atoms with Crippen LogP contribution in [0.25, 0.3) is 0 Å². The molecule has 64 valence electrons. The fourth-order valence-corrected chi connectivity index (χ4v) is 1.63. The third-order valence-electron chi connectivity index (χ3n) is 2.20. The molecule has 2 rings (SSSR count). The maximum absolute atomic E-state index is 3.22. The van der Waals surface area contributed by atoms with E-state index in [2.05, 4.69) is 17.0 Å². The fraction of sp³-hybridized carbons (Fsp3) is 0.714. The van der Waals surface area contributed by atoms with Gasteiger partial charge < -0.3 is 17.0 Å². The molecular weight excluding hydrogens is 206 g/mol. The van der Waals surface area contributed by atoms with Crippen molar-refractivity contribution >= 4 is 0 Å². The molecule has 2 heterocycles. The van der Waals surface area contributed by atoms with Crippen LogP contribution in [0, 0.1) is 0 Å². The van der Waals surface area contributed by atoms with Gasteiger partial charge in [0.15, 0.2) is 0 Å². The molecule has 0 spiro atoms. The number of piperidine rings is 1. The molecular formula is C7H14BrN3. The topological polar surface area (TPSA) is 28.5 Å². The summed E-state index contributed by atoms with van der Waals surface area (Å²) in [6, 6.07) is 0. The normalized spacial score (nSPS) is 29.8. The molecule has 3 nitrogen and oxygen atoms in total. The predicted octanol–water partition coefficient (Wildman–Crippen LogP) is -4.03. The number of rotatable bonds is 0. The van der Waals surface area contributed by atoms with E-state index < -0.39 is 0 Å². The summed E-state index contributed by atoms with van der Waals surface area (Å²) in [5.41, 5.74) is 7.89. The number of hydrogen-bond donors (Lipinski definition) is 3. The van der Waals surface area contributed by atoms with Gasteiger partial charge >= 0.3 is 0 Å². The van der Waals surface area contributed by atoms with Crippen LogP contribution >= 0.6 is 0 Å². The van der Waals surface area contributed by atoms with Gasteiger partial charge in [-0.15, -0.1) is 0 Å². The van der Waals surface area contributed by atoms with Crippen molar-refractivity contribution in [3.63, 3.8) is 0 Å². The summed E-state index contributed by atoms with van der Waals surface area (Å²) in [5, 5.41) is 1.43. The zero-order chi connectivity index (χ0) is 6.81. The molecule has 0 aromatic rings. The van der Waals surface area contributed by atoms with Crippen molar-refractivity contribution < 1.29 is 22.0 Å². The average molecular weight is 220 g/mol. The molecule has 0 bridgehead atoms. The lowest BCUT2D eigenvalue weighted by Crippen LogP contribution is -3.19. The van der Waals surface area contributed by atoms with Crippen LogP contribution in [-0.4, -0.2) is 13.1 Å². The second-order valence-electron chi connectivity index (χ2n) is 2.92. The maximum Gasteiger partial charge on any atom is 0.125 e. The zero-order valence-corrected chi connectivity index (χ0v) is 8.08. The lowest BCUT2D eigenvalue weighted by atomic mass is 10.1. The molecule has 0 aromatic carbocycles. The third-order valence-corrected chi connectivity index (χ3v) is 2.20. The largest absolute Gasteiger partial charge is 1.00 e. The van der Waals surface area contributed by atoms with Crippen molar-refractivity contribution in [2.24, 2.45) is 0 Å². The van der Waals surface area contributed by atoms with Gasteiger partial charge in [0, 0.05) is 13.0 Å². The van der Waals surface area contributed by atoms with Gasteiger partial charge in [-0.3, -0.25) is 0 Å². The summed E-state index contributed by atoms with van der Waals surface area (Å²) in [4.78, 5) is 0. The highest BCUT2D eigenvalue weighted by atomic mass is 79.9. The molecule has 0 amide bonds. The van der Waals surface area contributed by atoms with E-state index >= 15 is 0 Å². The summed E-state index contributed by atoms with van der Waals surface area (Å²) < 4.78 is 0. The summed E-state index contributed by atoms with van der Waals surface area (Å²) in [5.74, 6) is 0. The highest BCUT2D eigenvalue weighted by Gasteiger charge is 2.21. The summed E-state index contributed by atoms with van der Waals surface area (Å²) in [6.07, 6.45) is 6.30. The number of allylic oxidation sites excluding steroid dienone is 1. The van der Waals surface area contributed by atoms with Crippen molar-refractivity contribution in [2.45, 2.75) is 19.3 Å². The van der Waals surface area contributed by atoms with E-state index in [0.29, 0.717) is 0 Å². The Morgan fingerprint density at radius 1 is 1.36 bits per heavy atom. The number of hydrogen-bond acceptors (Lipinski definition) is 2. The SMILES string of the molecule is C1=C2CCCC[NH+]2NNC1.[Br-]. The molecule has 1 saturated heterocycles. The molecule has 2 aliphatic rings. The molecule has 0 aromatic heterocycles. The van der Waals surface area contributed by atoms with Crippen molar-refractivity contribution in [2.75, 3.05) is 13.1 Å². The molecule has 11 heavy (non-hydrogen) atoms. The molecule has 1 fully saturated rings. The fourth-order valence-electron chi connectivity index (χ4n) is 1.63. The van der Waals surface area contributed by atoms with Crippen LogP contribution in [0.3, 0.4) is 0 Å². The highest BCUT2D eigenvalue weighted by Crippen LogP contribution is 2.05.